The molecule has 0 saturated heterocycles. The smallest absolute Gasteiger partial charge is 0.313 e. The lowest BCUT2D eigenvalue weighted by Crippen LogP contribution is -2.24. The molecule has 0 aromatic rings. The van der Waals surface area contributed by atoms with Crippen LogP contribution < -0.4 is 0 Å². The first-order valence-electron chi connectivity index (χ1n) is 6.27. The quantitative estimate of drug-likeness (QED) is 0.427. The van der Waals surface area contributed by atoms with Crippen molar-refractivity contribution in [3.05, 3.63) is 0 Å². The molecule has 0 heterocycles. The SMILES string of the molecule is COCC(C)OC(=O)CC(=O)CC(=O)OC(C)COC. The van der Waals surface area contributed by atoms with Crippen LogP contribution in [0.3, 0.4) is 0 Å². The molecule has 0 aromatic heterocycles. The minimum Gasteiger partial charge on any atom is -0.460 e. The Morgan fingerprint density at radius 3 is 1.45 bits per heavy atom. The Morgan fingerprint density at radius 2 is 1.15 bits per heavy atom. The maximum Gasteiger partial charge on any atom is 0.313 e. The molecular formula is C13H22O7. The lowest BCUT2D eigenvalue weighted by Gasteiger charge is -2.12. The topological polar surface area (TPSA) is 88.1 Å². The summed E-state index contributed by atoms with van der Waals surface area (Å²) >= 11 is 0. The van der Waals surface area contributed by atoms with Crippen LogP contribution in [-0.2, 0) is 33.3 Å². The number of ether oxygens (including phenoxy) is 4. The predicted molar refractivity (Wildman–Crippen MR) is 69.1 cm³/mol. The molecular weight excluding hydrogens is 268 g/mol. The molecule has 0 aliphatic rings. The van der Waals surface area contributed by atoms with E-state index in [1.165, 1.54) is 14.2 Å². The average molecular weight is 290 g/mol. The van der Waals surface area contributed by atoms with Crippen LogP contribution in [-0.4, -0.2) is 57.4 Å². The van der Waals surface area contributed by atoms with Gasteiger partial charge in [0, 0.05) is 14.2 Å². The van der Waals surface area contributed by atoms with Crippen molar-refractivity contribution in [2.45, 2.75) is 38.9 Å². The van der Waals surface area contributed by atoms with Gasteiger partial charge in [0.1, 0.15) is 25.0 Å². The fourth-order valence-corrected chi connectivity index (χ4v) is 1.45. The number of rotatable bonds is 10. The largest absolute Gasteiger partial charge is 0.460 e. The van der Waals surface area contributed by atoms with Crippen LogP contribution in [0.1, 0.15) is 26.7 Å². The Labute approximate surface area is 118 Å². The van der Waals surface area contributed by atoms with Crippen molar-refractivity contribution in [2.75, 3.05) is 27.4 Å². The molecule has 116 valence electrons. The van der Waals surface area contributed by atoms with Gasteiger partial charge in [-0.15, -0.1) is 0 Å². The normalized spacial score (nSPS) is 13.4. The van der Waals surface area contributed by atoms with Crippen molar-refractivity contribution in [2.24, 2.45) is 0 Å². The van der Waals surface area contributed by atoms with Gasteiger partial charge in [-0.05, 0) is 13.8 Å². The maximum atomic E-state index is 11.5. The number of hydrogen-bond donors (Lipinski definition) is 0. The first-order valence-corrected chi connectivity index (χ1v) is 6.27. The van der Waals surface area contributed by atoms with Crippen molar-refractivity contribution < 1.29 is 33.3 Å². The highest BCUT2D eigenvalue weighted by Gasteiger charge is 2.18. The highest BCUT2D eigenvalue weighted by molar-refractivity contribution is 6.03. The number of hydrogen-bond acceptors (Lipinski definition) is 7. The Bertz CT molecular complexity index is 297. The van der Waals surface area contributed by atoms with Gasteiger partial charge in [-0.3, -0.25) is 14.4 Å². The number of methoxy groups -OCH3 is 2. The summed E-state index contributed by atoms with van der Waals surface area (Å²) in [6.45, 7) is 3.78. The summed E-state index contributed by atoms with van der Waals surface area (Å²) in [7, 11) is 2.96. The maximum absolute atomic E-state index is 11.5. The van der Waals surface area contributed by atoms with Crippen molar-refractivity contribution in [3.63, 3.8) is 0 Å². The average Bonchev–Trinajstić information content (AvgIpc) is 2.27. The Balaban J connectivity index is 3.97. The molecule has 7 heteroatoms. The van der Waals surface area contributed by atoms with E-state index in [4.69, 9.17) is 18.9 Å². The number of Topliss-reactive ketones (excluding diaryl/α,β-unsaturated/α-hetero) is 1. The number of esters is 2. The third-order valence-corrected chi connectivity index (χ3v) is 2.15. The van der Waals surface area contributed by atoms with Crippen molar-refractivity contribution in [1.82, 2.24) is 0 Å². The van der Waals surface area contributed by atoms with Gasteiger partial charge in [0.25, 0.3) is 0 Å². The molecule has 0 N–H and O–H groups in total. The summed E-state index contributed by atoms with van der Waals surface area (Å²) in [5.41, 5.74) is 0. The first-order chi connectivity index (χ1) is 9.38. The zero-order valence-electron chi connectivity index (χ0n) is 12.3. The molecule has 0 aliphatic carbocycles. The third kappa shape index (κ3) is 9.46. The van der Waals surface area contributed by atoms with Gasteiger partial charge in [-0.2, -0.15) is 0 Å². The fraction of sp³-hybridized carbons (Fsp3) is 0.769. The Hall–Kier alpha value is -1.47. The zero-order valence-corrected chi connectivity index (χ0v) is 12.3. The van der Waals surface area contributed by atoms with Gasteiger partial charge in [0.2, 0.25) is 0 Å². The van der Waals surface area contributed by atoms with Crippen molar-refractivity contribution >= 4 is 17.7 Å². The van der Waals surface area contributed by atoms with E-state index in [9.17, 15) is 14.4 Å². The minimum atomic E-state index is -0.683. The second-order valence-corrected chi connectivity index (χ2v) is 4.40. The molecule has 0 fully saturated rings. The van der Waals surface area contributed by atoms with Gasteiger partial charge in [-0.1, -0.05) is 0 Å². The molecule has 0 bridgehead atoms. The predicted octanol–water partition coefficient (Wildman–Crippen LogP) is 0.492. The Morgan fingerprint density at radius 1 is 0.800 bits per heavy atom. The van der Waals surface area contributed by atoms with E-state index in [1.54, 1.807) is 13.8 Å². The number of carbonyl (C=O) groups is 3. The molecule has 0 radical (unpaired) electrons. The molecule has 20 heavy (non-hydrogen) atoms. The standard InChI is InChI=1S/C13H22O7/c1-9(7-17-3)19-12(15)5-11(14)6-13(16)20-10(2)8-18-4/h9-10H,5-8H2,1-4H3. The van der Waals surface area contributed by atoms with Crippen LogP contribution in [0.25, 0.3) is 0 Å². The van der Waals surface area contributed by atoms with E-state index < -0.39 is 42.8 Å². The van der Waals surface area contributed by atoms with Gasteiger partial charge >= 0.3 is 11.9 Å². The van der Waals surface area contributed by atoms with Gasteiger partial charge in [0.15, 0.2) is 5.78 Å². The second-order valence-electron chi connectivity index (χ2n) is 4.40. The van der Waals surface area contributed by atoms with E-state index in [1.807, 2.05) is 0 Å². The fourth-order valence-electron chi connectivity index (χ4n) is 1.45. The van der Waals surface area contributed by atoms with E-state index >= 15 is 0 Å². The van der Waals surface area contributed by atoms with E-state index in [0.29, 0.717) is 0 Å². The second kappa shape index (κ2) is 10.3. The van der Waals surface area contributed by atoms with Crippen molar-refractivity contribution in [3.8, 4) is 0 Å². The van der Waals surface area contributed by atoms with Gasteiger partial charge < -0.3 is 18.9 Å². The highest BCUT2D eigenvalue weighted by atomic mass is 16.6. The van der Waals surface area contributed by atoms with Crippen LogP contribution in [0.4, 0.5) is 0 Å². The summed E-state index contributed by atoms with van der Waals surface area (Å²) in [5.74, 6) is -1.91. The van der Waals surface area contributed by atoms with Crippen molar-refractivity contribution in [1.29, 1.82) is 0 Å². The molecule has 0 aromatic carbocycles. The van der Waals surface area contributed by atoms with Crippen LogP contribution in [0.5, 0.6) is 0 Å². The van der Waals surface area contributed by atoms with Gasteiger partial charge in [0.05, 0.1) is 13.2 Å². The summed E-state index contributed by atoms with van der Waals surface area (Å²) < 4.78 is 19.4. The highest BCUT2D eigenvalue weighted by Crippen LogP contribution is 2.01. The zero-order chi connectivity index (χ0) is 15.5. The lowest BCUT2D eigenvalue weighted by molar-refractivity contribution is -0.154. The summed E-state index contributed by atoms with van der Waals surface area (Å²) in [6, 6.07) is 0. The molecule has 0 amide bonds. The molecule has 0 spiro atoms. The Kier molecular flexibility index (Phi) is 9.57. The van der Waals surface area contributed by atoms with Gasteiger partial charge in [-0.25, -0.2) is 0 Å². The summed E-state index contributed by atoms with van der Waals surface area (Å²) in [6.07, 6.45) is -1.79. The summed E-state index contributed by atoms with van der Waals surface area (Å²) in [4.78, 5) is 34.2. The van der Waals surface area contributed by atoms with E-state index in [0.717, 1.165) is 0 Å². The lowest BCUT2D eigenvalue weighted by atomic mass is 10.2. The molecule has 2 unspecified atom stereocenters. The molecule has 0 saturated carbocycles. The number of ketones is 1. The summed E-state index contributed by atoms with van der Waals surface area (Å²) in [5, 5.41) is 0. The minimum absolute atomic E-state index is 0.247. The van der Waals surface area contributed by atoms with E-state index in [-0.39, 0.29) is 13.2 Å². The first kappa shape index (κ1) is 18.5. The van der Waals surface area contributed by atoms with Crippen LogP contribution in [0.2, 0.25) is 0 Å². The number of carbonyl (C=O) groups excluding carboxylic acids is 3. The molecule has 2 atom stereocenters. The molecule has 0 aliphatic heterocycles. The van der Waals surface area contributed by atoms with Crippen LogP contribution in [0, 0.1) is 0 Å². The monoisotopic (exact) mass is 290 g/mol. The van der Waals surface area contributed by atoms with E-state index in [2.05, 4.69) is 0 Å². The molecule has 0 rings (SSSR count). The van der Waals surface area contributed by atoms with Crippen LogP contribution >= 0.6 is 0 Å². The van der Waals surface area contributed by atoms with Crippen LogP contribution in [0.15, 0.2) is 0 Å². The molecule has 7 nitrogen and oxygen atoms in total. The third-order valence-electron chi connectivity index (χ3n) is 2.15.